The molecule has 1 aliphatic rings. The minimum Gasteiger partial charge on any atom is -0.387 e. The maximum absolute atomic E-state index is 13.1. The number of hydrogen-bond acceptors (Lipinski definition) is 8. The number of amides is 1. The second kappa shape index (κ2) is 13.6. The molecule has 12 nitrogen and oxygen atoms in total. The normalized spacial score (nSPS) is 14.0. The fraction of sp³-hybridized carbons (Fsp3) is 0.286. The van der Waals surface area contributed by atoms with Gasteiger partial charge in [0.2, 0.25) is 0 Å². The largest absolute Gasteiger partial charge is 0.387 e. The quantitative estimate of drug-likeness (QED) is 0.153. The predicted octanol–water partition coefficient (Wildman–Crippen LogP) is 4.32. The van der Waals surface area contributed by atoms with Gasteiger partial charge in [-0.25, -0.2) is 13.4 Å². The van der Waals surface area contributed by atoms with Crippen LogP contribution >= 0.6 is 0 Å². The number of aromatic nitrogens is 3. The van der Waals surface area contributed by atoms with E-state index in [-0.39, 0.29) is 35.0 Å². The zero-order chi connectivity index (χ0) is 33.9. The highest BCUT2D eigenvalue weighted by molar-refractivity contribution is 7.92. The highest BCUT2D eigenvalue weighted by Crippen LogP contribution is 2.24. The van der Waals surface area contributed by atoms with Crippen molar-refractivity contribution in [2.24, 2.45) is 0 Å². The minimum absolute atomic E-state index is 0.123. The van der Waals surface area contributed by atoms with Gasteiger partial charge >= 0.3 is 0 Å². The summed E-state index contributed by atoms with van der Waals surface area (Å²) < 4.78 is 35.2. The Balaban J connectivity index is 0.997. The maximum atomic E-state index is 13.1. The summed E-state index contributed by atoms with van der Waals surface area (Å²) in [6.07, 6.45) is 4.10. The van der Waals surface area contributed by atoms with Gasteiger partial charge in [0.1, 0.15) is 0 Å². The van der Waals surface area contributed by atoms with E-state index in [9.17, 15) is 23.1 Å². The average molecular weight is 671 g/mol. The molecule has 5 aromatic rings. The molecule has 4 N–H and O–H groups in total. The number of sulfonamides is 1. The second-order valence-corrected chi connectivity index (χ2v) is 14.2. The summed E-state index contributed by atoms with van der Waals surface area (Å²) in [6, 6.07) is 22.2. The van der Waals surface area contributed by atoms with Crippen LogP contribution in [0.5, 0.6) is 0 Å². The number of imidazole rings is 1. The Morgan fingerprint density at radius 2 is 1.85 bits per heavy atom. The summed E-state index contributed by atoms with van der Waals surface area (Å²) in [4.78, 5) is 31.2. The molecule has 0 fully saturated rings. The number of β-amino-alcohol motifs (C(OH)–C–C–N with tert-alkyl or cyclic N) is 1. The van der Waals surface area contributed by atoms with Crippen LogP contribution in [0.1, 0.15) is 53.6 Å². The van der Waals surface area contributed by atoms with Crippen molar-refractivity contribution in [1.29, 1.82) is 0 Å². The molecule has 3 heterocycles. The van der Waals surface area contributed by atoms with Crippen molar-refractivity contribution in [2.45, 2.75) is 56.3 Å². The number of carbonyl (C=O) groups excluding carboxylic acids is 1. The molecule has 1 atom stereocenters. The molecule has 13 heteroatoms. The third-order valence-corrected chi connectivity index (χ3v) is 9.94. The van der Waals surface area contributed by atoms with Crippen LogP contribution in [0.25, 0.3) is 11.3 Å². The molecule has 6 rings (SSSR count). The van der Waals surface area contributed by atoms with Gasteiger partial charge in [0, 0.05) is 48.2 Å². The Kier molecular flexibility index (Phi) is 9.35. The van der Waals surface area contributed by atoms with E-state index in [0.717, 1.165) is 17.7 Å². The van der Waals surface area contributed by atoms with Gasteiger partial charge in [-0.3, -0.25) is 14.3 Å². The van der Waals surface area contributed by atoms with Crippen molar-refractivity contribution in [3.8, 4) is 11.3 Å². The van der Waals surface area contributed by atoms with Crippen LogP contribution in [0.15, 0.2) is 106 Å². The van der Waals surface area contributed by atoms with E-state index < -0.39 is 16.1 Å². The summed E-state index contributed by atoms with van der Waals surface area (Å²) in [7, 11) is -3.74. The molecule has 48 heavy (non-hydrogen) atoms. The average Bonchev–Trinajstić information content (AvgIpc) is 3.73. The molecule has 0 radical (unpaired) electrons. The van der Waals surface area contributed by atoms with Gasteiger partial charge in [0.15, 0.2) is 5.76 Å². The number of aliphatic hydroxyl groups is 1. The van der Waals surface area contributed by atoms with Crippen molar-refractivity contribution in [3.05, 3.63) is 124 Å². The summed E-state index contributed by atoms with van der Waals surface area (Å²) in [6.45, 7) is 5.80. The predicted molar refractivity (Wildman–Crippen MR) is 181 cm³/mol. The Morgan fingerprint density at radius 3 is 2.62 bits per heavy atom. The van der Waals surface area contributed by atoms with Crippen molar-refractivity contribution in [2.75, 3.05) is 17.8 Å². The van der Waals surface area contributed by atoms with Gasteiger partial charge < -0.3 is 24.4 Å². The molecular formula is C35H38N6O6S. The van der Waals surface area contributed by atoms with Gasteiger partial charge in [-0.05, 0) is 68.7 Å². The number of hydrogen-bond donors (Lipinski definition) is 4. The molecule has 0 saturated carbocycles. The standard InChI is InChI=1S/C35H38N6O6S/c1-35(2,37-20-31(42)26-7-6-8-27(19-26)39-48(45,46)28-9-4-3-5-10-28)16-18-40-21-30(36-23-40)24-11-13-25(14-12-24)34(44)41-17-15-29-32(22-41)47-38-33(29)43/h3-14,19,21,23,31,37,39,42H,15-18,20,22H2,1-2H3,(H,38,43)/t31-/m0/s1. The van der Waals surface area contributed by atoms with Crippen molar-refractivity contribution in [1.82, 2.24) is 24.9 Å². The Hall–Kier alpha value is -4.98. The number of carbonyl (C=O) groups is 1. The van der Waals surface area contributed by atoms with Crippen molar-refractivity contribution >= 4 is 21.6 Å². The first-order valence-corrected chi connectivity index (χ1v) is 17.2. The molecule has 250 valence electrons. The van der Waals surface area contributed by atoms with Crippen molar-refractivity contribution < 1.29 is 22.8 Å². The fourth-order valence-corrected chi connectivity index (χ4v) is 6.69. The molecule has 1 amide bonds. The van der Waals surface area contributed by atoms with E-state index in [1.807, 2.05) is 22.9 Å². The number of aromatic amines is 1. The van der Waals surface area contributed by atoms with Crippen LogP contribution in [-0.4, -0.2) is 57.7 Å². The molecule has 0 saturated heterocycles. The number of aliphatic hydroxyl groups excluding tert-OH is 1. The number of aryl methyl sites for hydroxylation is 1. The van der Waals surface area contributed by atoms with E-state index in [0.29, 0.717) is 47.6 Å². The lowest BCUT2D eigenvalue weighted by molar-refractivity contribution is 0.0716. The Labute approximate surface area is 278 Å². The van der Waals surface area contributed by atoms with Crippen LogP contribution in [0.3, 0.4) is 0 Å². The fourth-order valence-electron chi connectivity index (χ4n) is 5.62. The topological polar surface area (TPSA) is 163 Å². The summed E-state index contributed by atoms with van der Waals surface area (Å²) in [5.41, 5.74) is 3.25. The highest BCUT2D eigenvalue weighted by atomic mass is 32.2. The van der Waals surface area contributed by atoms with Gasteiger partial charge in [-0.1, -0.05) is 42.5 Å². The number of benzene rings is 3. The molecular weight excluding hydrogens is 632 g/mol. The third-order valence-electron chi connectivity index (χ3n) is 8.54. The van der Waals surface area contributed by atoms with Crippen LogP contribution in [0.4, 0.5) is 5.69 Å². The highest BCUT2D eigenvalue weighted by Gasteiger charge is 2.26. The number of nitrogens with zero attached hydrogens (tertiary/aromatic N) is 3. The first kappa shape index (κ1) is 32.9. The van der Waals surface area contributed by atoms with E-state index >= 15 is 0 Å². The van der Waals surface area contributed by atoms with Gasteiger partial charge in [0.05, 0.1) is 35.1 Å². The molecule has 2 aromatic heterocycles. The van der Waals surface area contributed by atoms with Crippen LogP contribution in [0.2, 0.25) is 0 Å². The smallest absolute Gasteiger partial charge is 0.283 e. The maximum Gasteiger partial charge on any atom is 0.283 e. The molecule has 0 spiro atoms. The molecule has 1 aliphatic heterocycles. The second-order valence-electron chi connectivity index (χ2n) is 12.6. The molecule has 0 bridgehead atoms. The van der Waals surface area contributed by atoms with E-state index in [1.54, 1.807) is 65.8 Å². The number of fused-ring (bicyclic) bond motifs is 1. The number of rotatable bonds is 12. The molecule has 3 aromatic carbocycles. The lowest BCUT2D eigenvalue weighted by Gasteiger charge is -2.28. The summed E-state index contributed by atoms with van der Waals surface area (Å²) in [5.74, 6) is 0.384. The summed E-state index contributed by atoms with van der Waals surface area (Å²) in [5, 5.41) is 16.7. The van der Waals surface area contributed by atoms with Gasteiger partial charge in [-0.2, -0.15) is 5.16 Å². The monoisotopic (exact) mass is 670 g/mol. The van der Waals surface area contributed by atoms with Crippen LogP contribution in [0, 0.1) is 0 Å². The van der Waals surface area contributed by atoms with Crippen LogP contribution < -0.4 is 15.6 Å². The first-order valence-electron chi connectivity index (χ1n) is 15.7. The van der Waals surface area contributed by atoms with E-state index in [4.69, 9.17) is 4.52 Å². The molecule has 0 aliphatic carbocycles. The van der Waals surface area contributed by atoms with Crippen LogP contribution in [-0.2, 0) is 29.5 Å². The SMILES string of the molecule is CC(C)(CCn1cnc(-c2ccc(C(=O)N3CCc4c(o[nH]c4=O)C3)cc2)c1)NC[C@H](O)c1cccc(NS(=O)(=O)c2ccccc2)c1. The zero-order valence-corrected chi connectivity index (χ0v) is 27.5. The van der Waals surface area contributed by atoms with Crippen molar-refractivity contribution in [3.63, 3.8) is 0 Å². The first-order chi connectivity index (χ1) is 23.0. The Morgan fingerprint density at radius 1 is 1.08 bits per heavy atom. The lowest BCUT2D eigenvalue weighted by atomic mass is 9.99. The summed E-state index contributed by atoms with van der Waals surface area (Å²) >= 11 is 0. The number of nitrogens with one attached hydrogen (secondary N) is 3. The number of H-pyrrole nitrogens is 1. The zero-order valence-electron chi connectivity index (χ0n) is 26.7. The number of anilines is 1. The van der Waals surface area contributed by atoms with Gasteiger partial charge in [-0.15, -0.1) is 0 Å². The van der Waals surface area contributed by atoms with Gasteiger partial charge in [0.25, 0.3) is 21.5 Å². The minimum atomic E-state index is -3.74. The Bertz CT molecular complexity index is 2050. The third kappa shape index (κ3) is 7.59. The van der Waals surface area contributed by atoms with E-state index in [2.05, 4.69) is 34.0 Å². The van der Waals surface area contributed by atoms with E-state index in [1.165, 1.54) is 12.1 Å². The molecule has 0 unspecified atom stereocenters. The lowest BCUT2D eigenvalue weighted by Crippen LogP contribution is -2.42.